The zero-order valence-electron chi connectivity index (χ0n) is 11.7. The third kappa shape index (κ3) is 3.03. The molecule has 0 aliphatic heterocycles. The molecule has 0 aromatic carbocycles. The van der Waals surface area contributed by atoms with E-state index in [-0.39, 0.29) is 6.42 Å². The largest absolute Gasteiger partial charge is 0.440 e. The van der Waals surface area contributed by atoms with Gasteiger partial charge >= 0.3 is 24.1 Å². The molecule has 0 spiro atoms. The van der Waals surface area contributed by atoms with Gasteiger partial charge in [-0.05, 0) is 24.7 Å². The van der Waals surface area contributed by atoms with Crippen molar-refractivity contribution in [3.8, 4) is 0 Å². The summed E-state index contributed by atoms with van der Waals surface area (Å²) in [5.74, 6) is -1.34. The molecule has 0 aromatic heterocycles. The second kappa shape index (κ2) is 5.76. The van der Waals surface area contributed by atoms with Crippen molar-refractivity contribution in [2.45, 2.75) is 63.3 Å². The first-order valence-electron chi connectivity index (χ1n) is 6.57. The minimum absolute atomic E-state index is 0.225. The van der Waals surface area contributed by atoms with Crippen LogP contribution in [0.25, 0.3) is 0 Å². The lowest BCUT2D eigenvalue weighted by molar-refractivity contribution is -0.457. The normalized spacial score (nSPS) is 28.2. The molecule has 0 aromatic rings. The van der Waals surface area contributed by atoms with E-state index < -0.39 is 42.1 Å². The van der Waals surface area contributed by atoms with Gasteiger partial charge in [-0.15, -0.1) is 0 Å². The summed E-state index contributed by atoms with van der Waals surface area (Å²) in [6.07, 6.45) is -20.5. The predicted octanol–water partition coefficient (Wildman–Crippen LogP) is 5.25. The molecule has 0 bridgehead atoms. The van der Waals surface area contributed by atoms with Crippen LogP contribution >= 0.6 is 0 Å². The molecule has 0 N–H and O–H groups in total. The van der Waals surface area contributed by atoms with Crippen molar-refractivity contribution in [1.82, 2.24) is 0 Å². The lowest BCUT2D eigenvalue weighted by Gasteiger charge is -2.38. The molecule has 1 aliphatic rings. The van der Waals surface area contributed by atoms with E-state index in [0.717, 1.165) is 0 Å². The Hall–Kier alpha value is -0.670. The second-order valence-electron chi connectivity index (χ2n) is 5.48. The van der Waals surface area contributed by atoms with Gasteiger partial charge in [-0.1, -0.05) is 20.3 Å². The lowest BCUT2D eigenvalue weighted by atomic mass is 9.98. The fourth-order valence-corrected chi connectivity index (χ4v) is 2.66. The van der Waals surface area contributed by atoms with Crippen molar-refractivity contribution in [2.75, 3.05) is 0 Å². The highest BCUT2D eigenvalue weighted by molar-refractivity contribution is 5.02. The molecule has 1 rings (SSSR count). The fraction of sp³-hybridized carbons (Fsp3) is 1.00. The van der Waals surface area contributed by atoms with Crippen LogP contribution < -0.4 is 0 Å². The topological polar surface area (TPSA) is 9.23 Å². The van der Waals surface area contributed by atoms with Gasteiger partial charge in [0.15, 0.2) is 0 Å². The molecule has 0 heterocycles. The number of halogens is 9. The van der Waals surface area contributed by atoms with Gasteiger partial charge in [-0.2, -0.15) is 35.1 Å². The van der Waals surface area contributed by atoms with Gasteiger partial charge in [-0.3, -0.25) is 0 Å². The van der Waals surface area contributed by atoms with Crippen molar-refractivity contribution < 1.29 is 44.3 Å². The average Bonchev–Trinajstić information content (AvgIpc) is 2.66. The number of rotatable bonds is 4. The summed E-state index contributed by atoms with van der Waals surface area (Å²) < 4.78 is 119. The predicted molar refractivity (Wildman–Crippen MR) is 57.9 cm³/mol. The maximum atomic E-state index is 13.6. The van der Waals surface area contributed by atoms with Crippen LogP contribution in [0.15, 0.2) is 0 Å². The molecule has 0 saturated heterocycles. The molecule has 1 nitrogen and oxygen atoms in total. The molecule has 0 amide bonds. The summed E-state index contributed by atoms with van der Waals surface area (Å²) in [5, 5.41) is 0. The van der Waals surface area contributed by atoms with Crippen LogP contribution in [0, 0.1) is 11.8 Å². The number of ether oxygens (including phenoxy) is 1. The maximum absolute atomic E-state index is 13.6. The highest BCUT2D eigenvalue weighted by atomic mass is 19.4. The molecule has 1 saturated carbocycles. The van der Waals surface area contributed by atoms with Crippen LogP contribution in [0.3, 0.4) is 0 Å². The van der Waals surface area contributed by atoms with E-state index in [1.165, 1.54) is 13.8 Å². The molecule has 1 fully saturated rings. The van der Waals surface area contributed by atoms with Crippen molar-refractivity contribution >= 4 is 0 Å². The molecule has 132 valence electrons. The number of hydrogen-bond donors (Lipinski definition) is 0. The van der Waals surface area contributed by atoms with Crippen LogP contribution in [-0.2, 0) is 4.74 Å². The van der Waals surface area contributed by atoms with E-state index in [2.05, 4.69) is 4.74 Å². The van der Waals surface area contributed by atoms with Crippen LogP contribution in [0.1, 0.15) is 33.1 Å². The summed E-state index contributed by atoms with van der Waals surface area (Å²) in [7, 11) is 0. The first kappa shape index (κ1) is 19.4. The quantitative estimate of drug-likeness (QED) is 0.632. The summed E-state index contributed by atoms with van der Waals surface area (Å²) >= 11 is 0. The smallest absolute Gasteiger partial charge is 0.313 e. The van der Waals surface area contributed by atoms with E-state index in [1.54, 1.807) is 0 Å². The minimum Gasteiger partial charge on any atom is -0.313 e. The van der Waals surface area contributed by atoms with Gasteiger partial charge in [0.1, 0.15) is 0 Å². The Kier molecular flexibility index (Phi) is 5.07. The first-order chi connectivity index (χ1) is 9.69. The molecule has 3 unspecified atom stereocenters. The van der Waals surface area contributed by atoms with E-state index in [4.69, 9.17) is 0 Å². The second-order valence-corrected chi connectivity index (χ2v) is 5.48. The summed E-state index contributed by atoms with van der Waals surface area (Å²) in [5.41, 5.74) is -6.76. The van der Waals surface area contributed by atoms with Gasteiger partial charge in [0.05, 0.1) is 6.10 Å². The highest BCUT2D eigenvalue weighted by Crippen LogP contribution is 2.56. The average molecular weight is 346 g/mol. The van der Waals surface area contributed by atoms with Gasteiger partial charge in [-0.25, -0.2) is 4.39 Å². The van der Waals surface area contributed by atoms with Crippen LogP contribution in [-0.4, -0.2) is 30.2 Å². The van der Waals surface area contributed by atoms with Gasteiger partial charge in [0.2, 0.25) is 0 Å². The van der Waals surface area contributed by atoms with E-state index >= 15 is 0 Å². The molecular weight excluding hydrogens is 331 g/mol. The number of alkyl halides is 9. The third-order valence-corrected chi connectivity index (χ3v) is 4.01. The van der Waals surface area contributed by atoms with Crippen molar-refractivity contribution in [1.29, 1.82) is 0 Å². The fourth-order valence-electron chi connectivity index (χ4n) is 2.66. The Balaban J connectivity index is 3.19. The van der Waals surface area contributed by atoms with Gasteiger partial charge < -0.3 is 4.74 Å². The molecule has 0 radical (unpaired) electrons. The Bertz CT molecular complexity index is 373. The monoisotopic (exact) mass is 346 g/mol. The first-order valence-corrected chi connectivity index (χ1v) is 6.57. The molecule has 10 heteroatoms. The summed E-state index contributed by atoms with van der Waals surface area (Å²) in [6.45, 7) is 2.89. The molecule has 22 heavy (non-hydrogen) atoms. The van der Waals surface area contributed by atoms with Crippen molar-refractivity contribution in [2.24, 2.45) is 11.8 Å². The Morgan fingerprint density at radius 3 is 1.68 bits per heavy atom. The van der Waals surface area contributed by atoms with E-state index in [0.29, 0.717) is 12.8 Å². The highest BCUT2D eigenvalue weighted by Gasteiger charge is 2.86. The van der Waals surface area contributed by atoms with Gasteiger partial charge in [0, 0.05) is 0 Å². The number of hydrogen-bond acceptors (Lipinski definition) is 1. The van der Waals surface area contributed by atoms with Gasteiger partial charge in [0.25, 0.3) is 0 Å². The van der Waals surface area contributed by atoms with E-state index in [9.17, 15) is 39.5 Å². The Morgan fingerprint density at radius 2 is 1.32 bits per heavy atom. The minimum atomic E-state index is -6.86. The maximum Gasteiger partial charge on any atom is 0.440 e. The Labute approximate surface area is 120 Å². The molecule has 1 aliphatic carbocycles. The lowest BCUT2D eigenvalue weighted by Crippen LogP contribution is -2.66. The Morgan fingerprint density at radius 1 is 0.864 bits per heavy atom. The molecule has 3 atom stereocenters. The van der Waals surface area contributed by atoms with Crippen molar-refractivity contribution in [3.63, 3.8) is 0 Å². The zero-order valence-corrected chi connectivity index (χ0v) is 11.7. The molecular formula is C12H15F9O. The third-order valence-electron chi connectivity index (χ3n) is 4.01. The SMILES string of the molecule is CCC1CCC(C)C1OC(F)(F)C(F)(C(F)(F)F)C(F)(F)F. The van der Waals surface area contributed by atoms with E-state index in [1.807, 2.05) is 0 Å². The van der Waals surface area contributed by atoms with Crippen LogP contribution in [0.4, 0.5) is 39.5 Å². The summed E-state index contributed by atoms with van der Waals surface area (Å²) in [4.78, 5) is 0. The standard InChI is InChI=1S/C12H15F9O/c1-3-7-5-4-6(2)8(7)22-12(20,21)9(13,10(14,15)16)11(17,18)19/h6-8H,3-5H2,1-2H3. The van der Waals surface area contributed by atoms with Crippen LogP contribution in [0.2, 0.25) is 0 Å². The van der Waals surface area contributed by atoms with Crippen molar-refractivity contribution in [3.05, 3.63) is 0 Å². The zero-order chi connectivity index (χ0) is 17.6. The summed E-state index contributed by atoms with van der Waals surface area (Å²) in [6, 6.07) is 0. The van der Waals surface area contributed by atoms with Crippen LogP contribution in [0.5, 0.6) is 0 Å².